The van der Waals surface area contributed by atoms with Gasteiger partial charge in [0.15, 0.2) is 0 Å². The Morgan fingerprint density at radius 3 is 2.74 bits per heavy atom. The van der Waals surface area contributed by atoms with E-state index in [4.69, 9.17) is 14.5 Å². The molecular weight excluding hydrogens is 342 g/mol. The first-order valence-corrected chi connectivity index (χ1v) is 9.33. The van der Waals surface area contributed by atoms with E-state index in [2.05, 4.69) is 47.0 Å². The molecule has 3 aromatic rings. The summed E-state index contributed by atoms with van der Waals surface area (Å²) in [5, 5.41) is 4.42. The topological polar surface area (TPSA) is 64.8 Å². The van der Waals surface area contributed by atoms with Gasteiger partial charge in [0.05, 0.1) is 24.4 Å². The molecule has 0 amide bonds. The van der Waals surface area contributed by atoms with E-state index in [0.717, 1.165) is 43.2 Å². The third-order valence-electron chi connectivity index (χ3n) is 5.24. The Bertz CT molecular complexity index is 963. The van der Waals surface area contributed by atoms with Crippen molar-refractivity contribution >= 4 is 11.6 Å². The Kier molecular flexibility index (Phi) is 3.70. The third-order valence-corrected chi connectivity index (χ3v) is 5.24. The summed E-state index contributed by atoms with van der Waals surface area (Å²) in [6.07, 6.45) is 2.46. The van der Waals surface area contributed by atoms with E-state index >= 15 is 0 Å². The van der Waals surface area contributed by atoms with Gasteiger partial charge < -0.3 is 14.4 Å². The number of rotatable bonds is 2. The third kappa shape index (κ3) is 2.96. The van der Waals surface area contributed by atoms with Gasteiger partial charge in [0.1, 0.15) is 17.7 Å². The lowest BCUT2D eigenvalue weighted by Gasteiger charge is -2.48. The maximum absolute atomic E-state index is 6.45. The smallest absolute Gasteiger partial charge is 0.254 e. The molecule has 2 fully saturated rings. The second kappa shape index (κ2) is 6.00. The maximum Gasteiger partial charge on any atom is 0.254 e. The molecule has 0 N–H and O–H groups in total. The molecule has 1 atom stereocenters. The Morgan fingerprint density at radius 2 is 1.96 bits per heavy atom. The maximum atomic E-state index is 6.45. The van der Waals surface area contributed by atoms with Crippen LogP contribution in [0.25, 0.3) is 17.0 Å². The summed E-state index contributed by atoms with van der Waals surface area (Å²) in [5.41, 5.74) is 1.41. The van der Waals surface area contributed by atoms with Crippen LogP contribution in [-0.2, 0) is 9.47 Å². The summed E-state index contributed by atoms with van der Waals surface area (Å²) < 4.78 is 14.0. The fraction of sp³-hybridized carbons (Fsp3) is 0.450. The standard InChI is InChI=1S/C20H23N5O2/c1-19(2)11-24(12-20(27-19)8-9-26-13-20)17-10-16(15-6-4-3-5-7-15)23-18-21-14-22-25(17)18/h3-7,10,14H,8-9,11-13H2,1-2H3. The molecule has 1 spiro atoms. The van der Waals surface area contributed by atoms with Gasteiger partial charge in [-0.05, 0) is 13.8 Å². The highest BCUT2D eigenvalue weighted by molar-refractivity contribution is 5.66. The molecular formula is C20H23N5O2. The van der Waals surface area contributed by atoms with Crippen LogP contribution >= 0.6 is 0 Å². The van der Waals surface area contributed by atoms with Crippen molar-refractivity contribution in [3.05, 3.63) is 42.7 Å². The first kappa shape index (κ1) is 16.6. The summed E-state index contributed by atoms with van der Waals surface area (Å²) in [6, 6.07) is 12.3. The largest absolute Gasteiger partial charge is 0.378 e. The lowest BCUT2D eigenvalue weighted by Crippen LogP contribution is -2.60. The molecule has 140 valence electrons. The molecule has 2 aliphatic rings. The molecule has 7 nitrogen and oxygen atoms in total. The number of nitrogens with zero attached hydrogens (tertiary/aromatic N) is 5. The van der Waals surface area contributed by atoms with E-state index in [0.29, 0.717) is 12.4 Å². The molecule has 0 saturated carbocycles. The van der Waals surface area contributed by atoms with Crippen molar-refractivity contribution in [3.8, 4) is 11.3 Å². The fourth-order valence-electron chi connectivity index (χ4n) is 4.25. The van der Waals surface area contributed by atoms with E-state index < -0.39 is 0 Å². The minimum Gasteiger partial charge on any atom is -0.378 e. The van der Waals surface area contributed by atoms with Crippen molar-refractivity contribution in [2.24, 2.45) is 0 Å². The van der Waals surface area contributed by atoms with Crippen molar-refractivity contribution in [1.29, 1.82) is 0 Å². The number of ether oxygens (including phenoxy) is 2. The lowest BCUT2D eigenvalue weighted by atomic mass is 9.95. The van der Waals surface area contributed by atoms with Crippen LogP contribution < -0.4 is 4.90 Å². The monoisotopic (exact) mass is 365 g/mol. The molecule has 0 aliphatic carbocycles. The Hall–Kier alpha value is -2.51. The zero-order valence-electron chi connectivity index (χ0n) is 15.6. The normalized spacial score (nSPS) is 24.7. The van der Waals surface area contributed by atoms with Gasteiger partial charge >= 0.3 is 0 Å². The number of hydrogen-bond acceptors (Lipinski definition) is 6. The van der Waals surface area contributed by atoms with Crippen LogP contribution in [0.5, 0.6) is 0 Å². The molecule has 4 heterocycles. The average molecular weight is 365 g/mol. The van der Waals surface area contributed by atoms with Crippen molar-refractivity contribution in [2.45, 2.75) is 31.5 Å². The quantitative estimate of drug-likeness (QED) is 0.695. The van der Waals surface area contributed by atoms with Crippen LogP contribution in [0.1, 0.15) is 20.3 Å². The summed E-state index contributed by atoms with van der Waals surface area (Å²) >= 11 is 0. The van der Waals surface area contributed by atoms with Gasteiger partial charge in [0.2, 0.25) is 0 Å². The van der Waals surface area contributed by atoms with Crippen LogP contribution in [-0.4, -0.2) is 57.1 Å². The zero-order valence-corrected chi connectivity index (χ0v) is 15.6. The van der Waals surface area contributed by atoms with Crippen LogP contribution in [0.4, 0.5) is 5.82 Å². The van der Waals surface area contributed by atoms with Gasteiger partial charge in [-0.1, -0.05) is 30.3 Å². The average Bonchev–Trinajstić information content (AvgIpc) is 3.29. The first-order valence-electron chi connectivity index (χ1n) is 9.33. The molecule has 2 saturated heterocycles. The molecule has 0 radical (unpaired) electrons. The van der Waals surface area contributed by atoms with E-state index in [9.17, 15) is 0 Å². The highest BCUT2D eigenvalue weighted by Crippen LogP contribution is 2.37. The fourth-order valence-corrected chi connectivity index (χ4v) is 4.25. The Labute approximate surface area is 157 Å². The first-order chi connectivity index (χ1) is 13.0. The summed E-state index contributed by atoms with van der Waals surface area (Å²) in [5.74, 6) is 1.59. The minimum absolute atomic E-state index is 0.273. The van der Waals surface area contributed by atoms with Crippen molar-refractivity contribution in [2.75, 3.05) is 31.2 Å². The van der Waals surface area contributed by atoms with Gasteiger partial charge in [-0.15, -0.1) is 0 Å². The Morgan fingerprint density at radius 1 is 1.11 bits per heavy atom. The number of fused-ring (bicyclic) bond motifs is 1. The van der Waals surface area contributed by atoms with Gasteiger partial charge in [-0.2, -0.15) is 14.6 Å². The molecule has 0 bridgehead atoms. The number of hydrogen-bond donors (Lipinski definition) is 0. The lowest BCUT2D eigenvalue weighted by molar-refractivity contribution is -0.151. The predicted molar refractivity (Wildman–Crippen MR) is 102 cm³/mol. The minimum atomic E-state index is -0.283. The van der Waals surface area contributed by atoms with Crippen LogP contribution in [0, 0.1) is 0 Å². The van der Waals surface area contributed by atoms with Gasteiger partial charge in [-0.25, -0.2) is 4.98 Å². The molecule has 2 aromatic heterocycles. The molecule has 2 aliphatic heterocycles. The molecule has 7 heteroatoms. The van der Waals surface area contributed by atoms with Gasteiger partial charge in [-0.3, -0.25) is 0 Å². The van der Waals surface area contributed by atoms with E-state index in [1.54, 1.807) is 6.33 Å². The molecule has 5 rings (SSSR count). The SMILES string of the molecule is CC1(C)CN(c2cc(-c3ccccc3)nc3ncnn23)CC2(CCOC2)O1. The predicted octanol–water partition coefficient (Wildman–Crippen LogP) is 2.57. The van der Waals surface area contributed by atoms with E-state index in [-0.39, 0.29) is 11.2 Å². The summed E-state index contributed by atoms with van der Waals surface area (Å²) in [4.78, 5) is 11.4. The molecule has 1 aromatic carbocycles. The molecule has 1 unspecified atom stereocenters. The van der Waals surface area contributed by atoms with Crippen LogP contribution in [0.3, 0.4) is 0 Å². The van der Waals surface area contributed by atoms with Crippen LogP contribution in [0.15, 0.2) is 42.7 Å². The van der Waals surface area contributed by atoms with Crippen molar-refractivity contribution in [3.63, 3.8) is 0 Å². The Balaban J connectivity index is 1.62. The summed E-state index contributed by atoms with van der Waals surface area (Å²) in [7, 11) is 0. The number of aromatic nitrogens is 4. The molecule has 27 heavy (non-hydrogen) atoms. The van der Waals surface area contributed by atoms with E-state index in [1.165, 1.54) is 0 Å². The van der Waals surface area contributed by atoms with Gasteiger partial charge in [0, 0.05) is 31.2 Å². The highest BCUT2D eigenvalue weighted by Gasteiger charge is 2.47. The summed E-state index contributed by atoms with van der Waals surface area (Å²) in [6.45, 7) is 7.18. The number of morpholine rings is 1. The second-order valence-corrected chi connectivity index (χ2v) is 8.04. The van der Waals surface area contributed by atoms with Crippen molar-refractivity contribution < 1.29 is 9.47 Å². The highest BCUT2D eigenvalue weighted by atomic mass is 16.6. The van der Waals surface area contributed by atoms with Crippen molar-refractivity contribution in [1.82, 2.24) is 19.6 Å². The number of benzene rings is 1. The second-order valence-electron chi connectivity index (χ2n) is 8.04. The number of anilines is 1. The zero-order chi connectivity index (χ0) is 18.5. The van der Waals surface area contributed by atoms with Gasteiger partial charge in [0.25, 0.3) is 5.78 Å². The van der Waals surface area contributed by atoms with Crippen LogP contribution in [0.2, 0.25) is 0 Å². The van der Waals surface area contributed by atoms with E-state index in [1.807, 2.05) is 22.7 Å².